The molecule has 4 rings (SSSR count). The Morgan fingerprint density at radius 2 is 1.80 bits per heavy atom. The molecule has 196 valence electrons. The van der Waals surface area contributed by atoms with Gasteiger partial charge in [-0.3, -0.25) is 9.59 Å². The highest BCUT2D eigenvalue weighted by molar-refractivity contribution is 5.99. The zero-order valence-electron chi connectivity index (χ0n) is 22.0. The van der Waals surface area contributed by atoms with Crippen molar-refractivity contribution < 1.29 is 30.0 Å². The Balaban J connectivity index is 1.62. The number of hydrogen-bond acceptors (Lipinski definition) is 5. The maximum absolute atomic E-state index is 13.9. The lowest BCUT2D eigenvalue weighted by atomic mass is 9.47. The van der Waals surface area contributed by atoms with Crippen LogP contribution in [0.2, 0.25) is 0 Å². The molecule has 0 aromatic carbocycles. The van der Waals surface area contributed by atoms with E-state index in [0.29, 0.717) is 43.9 Å². The molecule has 0 amide bonds. The second-order valence-electron chi connectivity index (χ2n) is 12.9. The molecular formula is C29H44O6. The lowest BCUT2D eigenvalue weighted by molar-refractivity contribution is -0.174. The van der Waals surface area contributed by atoms with Gasteiger partial charge in [-0.2, -0.15) is 0 Å². The summed E-state index contributed by atoms with van der Waals surface area (Å²) in [6, 6.07) is 0. The fraction of sp³-hybridized carbons (Fsp3) is 0.793. The third-order valence-corrected chi connectivity index (χ3v) is 11.0. The van der Waals surface area contributed by atoms with Crippen LogP contribution in [0.5, 0.6) is 0 Å². The van der Waals surface area contributed by atoms with E-state index in [1.165, 1.54) is 0 Å². The van der Waals surface area contributed by atoms with Gasteiger partial charge in [-0.1, -0.05) is 32.9 Å². The van der Waals surface area contributed by atoms with Gasteiger partial charge in [0.05, 0.1) is 23.7 Å². The van der Waals surface area contributed by atoms with E-state index in [1.54, 1.807) is 13.8 Å². The monoisotopic (exact) mass is 488 g/mol. The zero-order chi connectivity index (χ0) is 26.1. The van der Waals surface area contributed by atoms with Gasteiger partial charge in [-0.15, -0.1) is 0 Å². The average molecular weight is 489 g/mol. The number of aliphatic hydroxyl groups excluding tert-OH is 2. The second kappa shape index (κ2) is 8.81. The summed E-state index contributed by atoms with van der Waals surface area (Å²) in [5.74, 6) is -0.914. The average Bonchev–Trinajstić information content (AvgIpc) is 3.12. The molecule has 4 N–H and O–H groups in total. The van der Waals surface area contributed by atoms with Crippen molar-refractivity contribution in [2.24, 2.45) is 40.4 Å². The molecule has 0 bridgehead atoms. The number of carboxylic acids is 1. The molecule has 4 aliphatic carbocycles. The number of hydrogen-bond donors (Lipinski definition) is 4. The fourth-order valence-electron chi connectivity index (χ4n) is 8.71. The van der Waals surface area contributed by atoms with Crippen LogP contribution in [0, 0.1) is 40.4 Å². The zero-order valence-corrected chi connectivity index (χ0v) is 22.0. The molecule has 4 aliphatic rings. The first-order chi connectivity index (χ1) is 16.2. The van der Waals surface area contributed by atoms with Crippen molar-refractivity contribution in [2.45, 2.75) is 104 Å². The van der Waals surface area contributed by atoms with Crippen LogP contribution in [0.1, 0.15) is 86.0 Å². The van der Waals surface area contributed by atoms with Crippen LogP contribution in [0.15, 0.2) is 23.3 Å². The van der Waals surface area contributed by atoms with Crippen molar-refractivity contribution >= 4 is 11.8 Å². The summed E-state index contributed by atoms with van der Waals surface area (Å²) in [6.45, 7) is 13.8. The number of carbonyl (C=O) groups is 2. The molecule has 35 heavy (non-hydrogen) atoms. The Kier molecular flexibility index (Phi) is 6.69. The van der Waals surface area contributed by atoms with Gasteiger partial charge in [0.2, 0.25) is 0 Å². The lowest BCUT2D eigenvalue weighted by Crippen LogP contribution is -2.61. The summed E-state index contributed by atoms with van der Waals surface area (Å²) in [6.07, 6.45) is 3.68. The van der Waals surface area contributed by atoms with Crippen molar-refractivity contribution in [1.29, 1.82) is 0 Å². The van der Waals surface area contributed by atoms with E-state index in [9.17, 15) is 30.0 Å². The van der Waals surface area contributed by atoms with Gasteiger partial charge in [-0.25, -0.2) is 0 Å². The molecule has 10 atom stereocenters. The van der Waals surface area contributed by atoms with Crippen LogP contribution in [0.4, 0.5) is 0 Å². The van der Waals surface area contributed by atoms with Gasteiger partial charge < -0.3 is 20.4 Å². The molecule has 6 nitrogen and oxygen atoms in total. The third-order valence-electron chi connectivity index (χ3n) is 11.0. The van der Waals surface area contributed by atoms with Gasteiger partial charge >= 0.3 is 5.97 Å². The first-order valence-corrected chi connectivity index (χ1v) is 13.4. The molecule has 0 spiro atoms. The van der Waals surface area contributed by atoms with Crippen LogP contribution in [0.25, 0.3) is 0 Å². The van der Waals surface area contributed by atoms with Crippen molar-refractivity contribution in [3.63, 3.8) is 0 Å². The maximum Gasteiger partial charge on any atom is 0.310 e. The SMILES string of the molecule is C=C(CC[C@@H](C)[C@H]1CC[C@@H]2C3=C(C(=O)C[C@@]21C)[C@@]1(C)CC[C@@H](O)[C@](C)(O)[C@H]1C[C@@H]3O)[C@@H](C)C(=O)O. The summed E-state index contributed by atoms with van der Waals surface area (Å²) in [7, 11) is 0. The van der Waals surface area contributed by atoms with Crippen LogP contribution < -0.4 is 0 Å². The highest BCUT2D eigenvalue weighted by Gasteiger charge is 2.63. The number of ketones is 1. The number of allylic oxidation sites excluding steroid dienone is 1. The third kappa shape index (κ3) is 3.95. The summed E-state index contributed by atoms with van der Waals surface area (Å²) in [5, 5.41) is 42.4. The first kappa shape index (κ1) is 26.6. The van der Waals surface area contributed by atoms with Gasteiger partial charge in [0.25, 0.3) is 0 Å². The quantitative estimate of drug-likeness (QED) is 0.415. The summed E-state index contributed by atoms with van der Waals surface area (Å²) >= 11 is 0. The molecule has 6 heteroatoms. The van der Waals surface area contributed by atoms with E-state index in [1.807, 2.05) is 0 Å². The fourth-order valence-corrected chi connectivity index (χ4v) is 8.71. The predicted octanol–water partition coefficient (Wildman–Crippen LogP) is 4.27. The van der Waals surface area contributed by atoms with Crippen LogP contribution >= 0.6 is 0 Å². The normalized spacial score (nSPS) is 44.8. The number of carboxylic acid groups (broad SMARTS) is 1. The minimum Gasteiger partial charge on any atom is -0.481 e. The largest absolute Gasteiger partial charge is 0.481 e. The second-order valence-corrected chi connectivity index (χ2v) is 12.9. The lowest BCUT2D eigenvalue weighted by Gasteiger charge is -2.59. The highest BCUT2D eigenvalue weighted by Crippen LogP contribution is 2.66. The van der Waals surface area contributed by atoms with Crippen molar-refractivity contribution in [3.8, 4) is 0 Å². The summed E-state index contributed by atoms with van der Waals surface area (Å²) in [4.78, 5) is 25.2. The molecule has 0 saturated heterocycles. The van der Waals surface area contributed by atoms with Gasteiger partial charge in [0.1, 0.15) is 0 Å². The van der Waals surface area contributed by atoms with Gasteiger partial charge in [0.15, 0.2) is 5.78 Å². The van der Waals surface area contributed by atoms with Crippen LogP contribution in [-0.4, -0.2) is 50.0 Å². The van der Waals surface area contributed by atoms with E-state index in [-0.39, 0.29) is 23.0 Å². The Morgan fingerprint density at radius 3 is 2.43 bits per heavy atom. The standard InChI is InChI=1S/C29H44O6/c1-15(17(3)26(33)34)7-8-16(2)18-9-10-19-24-20(30)13-22-27(4,12-11-23(32)29(22,6)35)25(24)21(31)14-28(18,19)5/h16-20,22-23,30,32,35H,1,7-14H2,2-6H3,(H,33,34)/t16-,17-,18-,19-,20+,22+,23-,27+,28-,29-/m1/s1. The number of rotatable bonds is 6. The number of aliphatic carboxylic acids is 1. The molecule has 0 unspecified atom stereocenters. The highest BCUT2D eigenvalue weighted by atomic mass is 16.4. The molecular weight excluding hydrogens is 444 g/mol. The van der Waals surface area contributed by atoms with E-state index < -0.39 is 35.1 Å². The van der Waals surface area contributed by atoms with Crippen LogP contribution in [-0.2, 0) is 9.59 Å². The molecule has 0 aliphatic heterocycles. The van der Waals surface area contributed by atoms with Crippen molar-refractivity contribution in [3.05, 3.63) is 23.3 Å². The Morgan fingerprint density at radius 1 is 1.14 bits per heavy atom. The predicted molar refractivity (Wildman–Crippen MR) is 133 cm³/mol. The molecule has 0 radical (unpaired) electrons. The topological polar surface area (TPSA) is 115 Å². The van der Waals surface area contributed by atoms with E-state index in [4.69, 9.17) is 0 Å². The molecule has 0 aromatic rings. The summed E-state index contributed by atoms with van der Waals surface area (Å²) in [5.41, 5.74) is 0.277. The van der Waals surface area contributed by atoms with Gasteiger partial charge in [0, 0.05) is 23.3 Å². The Bertz CT molecular complexity index is 949. The smallest absolute Gasteiger partial charge is 0.310 e. The minimum atomic E-state index is -1.34. The molecule has 2 fully saturated rings. The summed E-state index contributed by atoms with van der Waals surface area (Å²) < 4.78 is 0. The molecule has 0 heterocycles. The van der Waals surface area contributed by atoms with Crippen LogP contribution in [0.3, 0.4) is 0 Å². The minimum absolute atomic E-state index is 0.0974. The van der Waals surface area contributed by atoms with Crippen molar-refractivity contribution in [1.82, 2.24) is 0 Å². The van der Waals surface area contributed by atoms with E-state index in [2.05, 4.69) is 27.4 Å². The number of aliphatic hydroxyl groups is 3. The number of Topliss-reactive ketones (excluding diaryl/α,β-unsaturated/α-hetero) is 1. The maximum atomic E-state index is 13.9. The number of fused-ring (bicyclic) bond motifs is 4. The van der Waals surface area contributed by atoms with Crippen molar-refractivity contribution in [2.75, 3.05) is 0 Å². The molecule has 2 saturated carbocycles. The molecule has 0 aromatic heterocycles. The Labute approximate surface area is 209 Å². The first-order valence-electron chi connectivity index (χ1n) is 13.4. The Hall–Kier alpha value is -1.50. The number of carbonyl (C=O) groups excluding carboxylic acids is 1. The van der Waals surface area contributed by atoms with Gasteiger partial charge in [-0.05, 0) is 87.5 Å². The van der Waals surface area contributed by atoms with E-state index >= 15 is 0 Å². The van der Waals surface area contributed by atoms with E-state index in [0.717, 1.165) is 36.0 Å².